The van der Waals surface area contributed by atoms with Gasteiger partial charge in [0.1, 0.15) is 11.6 Å². The normalized spacial score (nSPS) is 14.9. The van der Waals surface area contributed by atoms with Gasteiger partial charge >= 0.3 is 0 Å². The molecule has 2 aliphatic rings. The van der Waals surface area contributed by atoms with Crippen molar-refractivity contribution in [2.75, 3.05) is 5.32 Å². The highest BCUT2D eigenvalue weighted by molar-refractivity contribution is 7.17. The molecule has 3 heterocycles. The molecule has 0 unspecified atom stereocenters. The topological polar surface area (TPSA) is 107 Å². The van der Waals surface area contributed by atoms with Crippen LogP contribution in [0.3, 0.4) is 0 Å². The van der Waals surface area contributed by atoms with Crippen molar-refractivity contribution < 1.29 is 14.3 Å². The molecule has 9 heteroatoms. The largest absolute Gasteiger partial charge is 0.444 e. The fourth-order valence-electron chi connectivity index (χ4n) is 3.28. The molecule has 142 valence electrons. The van der Waals surface area contributed by atoms with Crippen LogP contribution >= 0.6 is 22.9 Å². The predicted octanol–water partition coefficient (Wildman–Crippen LogP) is 3.60. The van der Waals surface area contributed by atoms with Crippen molar-refractivity contribution in [2.24, 2.45) is 11.7 Å². The molecule has 3 aromatic heterocycles. The van der Waals surface area contributed by atoms with Crippen LogP contribution in [0.5, 0.6) is 10.8 Å². The lowest BCUT2D eigenvalue weighted by molar-refractivity contribution is -0.117. The number of nitrogens with two attached hydrogens (primary N) is 1. The van der Waals surface area contributed by atoms with Gasteiger partial charge in [-0.1, -0.05) is 11.3 Å². The highest BCUT2D eigenvalue weighted by Gasteiger charge is 2.31. The van der Waals surface area contributed by atoms with Crippen molar-refractivity contribution in [1.29, 1.82) is 0 Å². The molecule has 5 rings (SSSR count). The van der Waals surface area contributed by atoms with E-state index in [0.717, 1.165) is 47.3 Å². The Morgan fingerprint density at radius 2 is 2.07 bits per heavy atom. The summed E-state index contributed by atoms with van der Waals surface area (Å²) >= 11 is 2.65. The van der Waals surface area contributed by atoms with E-state index in [-0.39, 0.29) is 11.8 Å². The Kier molecular flexibility index (Phi) is 4.13. The number of nitrogens with one attached hydrogen (secondary N) is 1. The molecule has 3 N–H and O–H groups in total. The predicted molar refractivity (Wildman–Crippen MR) is 107 cm³/mol. The van der Waals surface area contributed by atoms with Crippen molar-refractivity contribution in [3.8, 4) is 21.3 Å². The Hall–Kier alpha value is -2.78. The number of amides is 2. The number of thiophene rings is 1. The highest BCUT2D eigenvalue weighted by atomic mass is 32.1. The van der Waals surface area contributed by atoms with Crippen LogP contribution in [0.15, 0.2) is 24.5 Å². The van der Waals surface area contributed by atoms with Gasteiger partial charge in [0, 0.05) is 12.1 Å². The average molecular weight is 412 g/mol. The summed E-state index contributed by atoms with van der Waals surface area (Å²) in [6.45, 7) is 0. The number of anilines is 1. The summed E-state index contributed by atoms with van der Waals surface area (Å²) in [6, 6.07) is 3.46. The molecule has 0 bridgehead atoms. The number of carbonyl (C=O) groups is 2. The van der Waals surface area contributed by atoms with Crippen molar-refractivity contribution in [3.63, 3.8) is 0 Å². The average Bonchev–Trinajstić information content (AvgIpc) is 3.31. The minimum atomic E-state index is -0.444. The van der Waals surface area contributed by atoms with Crippen molar-refractivity contribution in [3.05, 3.63) is 40.5 Å². The number of aryl methyl sites for hydroxylation is 1. The molecular formula is C19H16N4O3S2. The standard InChI is InChI=1S/C19H16N4O3S2/c20-17(24)16-12-5-3-10-7-22-28-15(10)14(12)19(27-16)26-11-4-6-13(21-8-11)23-18(25)9-1-2-9/h4,6-9H,1-3,5H2,(H2,20,24)(H,21,23,25). The number of hydrogen-bond acceptors (Lipinski definition) is 7. The number of nitrogens with zero attached hydrogens (tertiary/aromatic N) is 2. The number of pyridine rings is 1. The fraction of sp³-hybridized carbons (Fsp3) is 0.263. The van der Waals surface area contributed by atoms with Gasteiger partial charge in [-0.2, -0.15) is 0 Å². The van der Waals surface area contributed by atoms with E-state index in [2.05, 4.69) is 14.7 Å². The third-order valence-electron chi connectivity index (χ3n) is 4.86. The quantitative estimate of drug-likeness (QED) is 0.666. The van der Waals surface area contributed by atoms with Crippen LogP contribution in [0.4, 0.5) is 5.82 Å². The third-order valence-corrected chi connectivity index (χ3v) is 6.84. The number of aromatic nitrogens is 2. The van der Waals surface area contributed by atoms with E-state index < -0.39 is 5.91 Å². The van der Waals surface area contributed by atoms with Gasteiger partial charge in [0.05, 0.1) is 21.5 Å². The Bertz CT molecular complexity index is 1080. The van der Waals surface area contributed by atoms with E-state index in [1.54, 1.807) is 18.3 Å². The summed E-state index contributed by atoms with van der Waals surface area (Å²) < 4.78 is 10.4. The second-order valence-electron chi connectivity index (χ2n) is 6.86. The third kappa shape index (κ3) is 3.06. The minimum Gasteiger partial charge on any atom is -0.444 e. The second kappa shape index (κ2) is 6.68. The molecule has 28 heavy (non-hydrogen) atoms. The SMILES string of the molecule is NC(=O)c1sc(Oc2ccc(NC(=O)C3CC3)nc2)c2c1CCc1cnsc1-2. The van der Waals surface area contributed by atoms with Gasteiger partial charge in [-0.3, -0.25) is 9.59 Å². The lowest BCUT2D eigenvalue weighted by Gasteiger charge is -2.14. The monoisotopic (exact) mass is 412 g/mol. The van der Waals surface area contributed by atoms with Crippen LogP contribution in [0, 0.1) is 5.92 Å². The molecule has 2 aliphatic carbocycles. The molecule has 0 spiro atoms. The van der Waals surface area contributed by atoms with Gasteiger partial charge in [0.15, 0.2) is 5.06 Å². The van der Waals surface area contributed by atoms with Crippen molar-refractivity contribution in [2.45, 2.75) is 25.7 Å². The van der Waals surface area contributed by atoms with Crippen molar-refractivity contribution >= 4 is 40.5 Å². The first kappa shape index (κ1) is 17.3. The van der Waals surface area contributed by atoms with Gasteiger partial charge in [-0.25, -0.2) is 9.36 Å². The van der Waals surface area contributed by atoms with E-state index in [4.69, 9.17) is 10.5 Å². The Morgan fingerprint density at radius 1 is 1.21 bits per heavy atom. The summed E-state index contributed by atoms with van der Waals surface area (Å²) in [5, 5.41) is 3.42. The number of carbonyl (C=O) groups excluding carboxylic acids is 2. The zero-order chi connectivity index (χ0) is 19.3. The first-order valence-corrected chi connectivity index (χ1v) is 10.5. The molecule has 0 aliphatic heterocycles. The highest BCUT2D eigenvalue weighted by Crippen LogP contribution is 2.49. The summed E-state index contributed by atoms with van der Waals surface area (Å²) in [5.74, 6) is 0.718. The van der Waals surface area contributed by atoms with E-state index >= 15 is 0 Å². The molecule has 1 saturated carbocycles. The number of hydrogen-bond donors (Lipinski definition) is 2. The zero-order valence-corrected chi connectivity index (χ0v) is 16.4. The van der Waals surface area contributed by atoms with Gasteiger partial charge in [0.2, 0.25) is 5.91 Å². The van der Waals surface area contributed by atoms with Crippen LogP contribution in [0.1, 0.15) is 33.6 Å². The summed E-state index contributed by atoms with van der Waals surface area (Å²) in [5.41, 5.74) is 8.59. The maximum Gasteiger partial charge on any atom is 0.259 e. The molecule has 0 radical (unpaired) electrons. The van der Waals surface area contributed by atoms with Crippen LogP contribution < -0.4 is 15.8 Å². The maximum absolute atomic E-state index is 11.9. The van der Waals surface area contributed by atoms with Crippen molar-refractivity contribution in [1.82, 2.24) is 9.36 Å². The van der Waals surface area contributed by atoms with Crippen LogP contribution in [-0.4, -0.2) is 21.2 Å². The molecule has 7 nitrogen and oxygen atoms in total. The van der Waals surface area contributed by atoms with Gasteiger partial charge < -0.3 is 15.8 Å². The van der Waals surface area contributed by atoms with Gasteiger partial charge in [-0.15, -0.1) is 0 Å². The Morgan fingerprint density at radius 3 is 2.79 bits per heavy atom. The molecule has 0 saturated heterocycles. The summed E-state index contributed by atoms with van der Waals surface area (Å²) in [7, 11) is 0. The minimum absolute atomic E-state index is 0.0114. The molecule has 0 aromatic carbocycles. The summed E-state index contributed by atoms with van der Waals surface area (Å²) in [4.78, 5) is 29.6. The van der Waals surface area contributed by atoms with Gasteiger partial charge in [0.25, 0.3) is 5.91 Å². The number of fused-ring (bicyclic) bond motifs is 3. The number of rotatable bonds is 5. The van der Waals surface area contributed by atoms with Crippen LogP contribution in [0.25, 0.3) is 10.4 Å². The van der Waals surface area contributed by atoms with E-state index in [9.17, 15) is 9.59 Å². The lowest BCUT2D eigenvalue weighted by Crippen LogP contribution is -2.14. The van der Waals surface area contributed by atoms with E-state index in [1.165, 1.54) is 22.9 Å². The first-order valence-electron chi connectivity index (χ1n) is 8.94. The maximum atomic E-state index is 11.9. The smallest absolute Gasteiger partial charge is 0.259 e. The van der Waals surface area contributed by atoms with Crippen LogP contribution in [0.2, 0.25) is 0 Å². The van der Waals surface area contributed by atoms with Gasteiger partial charge in [-0.05, 0) is 60.5 Å². The molecule has 3 aromatic rings. The van der Waals surface area contributed by atoms with Crippen LogP contribution in [-0.2, 0) is 17.6 Å². The lowest BCUT2D eigenvalue weighted by atomic mass is 9.93. The molecular weight excluding hydrogens is 396 g/mol. The molecule has 0 atom stereocenters. The second-order valence-corrected chi connectivity index (χ2v) is 8.65. The van der Waals surface area contributed by atoms with E-state index in [1.807, 2.05) is 6.20 Å². The fourth-order valence-corrected chi connectivity index (χ4v) is 5.29. The number of primary amides is 1. The first-order chi connectivity index (χ1) is 13.6. The molecule has 1 fully saturated rings. The number of ether oxygens (including phenoxy) is 1. The Labute approximate surface area is 168 Å². The Balaban J connectivity index is 1.44. The zero-order valence-electron chi connectivity index (χ0n) is 14.7. The summed E-state index contributed by atoms with van der Waals surface area (Å²) in [6.07, 6.45) is 6.90. The molecule has 2 amide bonds. The van der Waals surface area contributed by atoms with E-state index in [0.29, 0.717) is 21.5 Å².